The molecule has 0 saturated heterocycles. The summed E-state index contributed by atoms with van der Waals surface area (Å²) in [7, 11) is -4.02. The second-order valence-electron chi connectivity index (χ2n) is 3.70. The highest BCUT2D eigenvalue weighted by Crippen LogP contribution is 2.21. The van der Waals surface area contributed by atoms with Crippen LogP contribution in [0.25, 0.3) is 0 Å². The maximum Gasteiger partial charge on any atom is 0.294 e. The Kier molecular flexibility index (Phi) is 4.01. The lowest BCUT2D eigenvalue weighted by Crippen LogP contribution is -2.00. The van der Waals surface area contributed by atoms with Crippen molar-refractivity contribution in [2.24, 2.45) is 5.73 Å². The molecule has 0 radical (unpaired) electrons. The smallest absolute Gasteiger partial charge is 0.294 e. The molecule has 16 heavy (non-hydrogen) atoms. The molecule has 0 bridgehead atoms. The molecule has 2 atom stereocenters. The van der Waals surface area contributed by atoms with Crippen molar-refractivity contribution < 1.29 is 17.4 Å². The Labute approximate surface area is 94.0 Å². The van der Waals surface area contributed by atoms with Crippen molar-refractivity contribution in [1.82, 2.24) is 0 Å². The summed E-state index contributed by atoms with van der Waals surface area (Å²) < 4.78 is 40.9. The molecule has 0 aliphatic heterocycles. The Bertz CT molecular complexity index is 438. The minimum Gasteiger partial charge on any atom is -0.325 e. The van der Waals surface area contributed by atoms with Gasteiger partial charge in [0.15, 0.2) is 0 Å². The fourth-order valence-electron chi connectivity index (χ4n) is 0.892. The van der Waals surface area contributed by atoms with Crippen LogP contribution in [0.5, 0.6) is 0 Å². The Morgan fingerprint density at radius 2 is 1.75 bits per heavy atom. The molecule has 1 fully saturated rings. The topological polar surface area (TPSA) is 80.4 Å². The summed E-state index contributed by atoms with van der Waals surface area (Å²) in [5.74, 6) is 0. The van der Waals surface area contributed by atoms with E-state index in [1.54, 1.807) is 12.1 Å². The van der Waals surface area contributed by atoms with Gasteiger partial charge in [-0.1, -0.05) is 17.7 Å². The van der Waals surface area contributed by atoms with Crippen LogP contribution in [-0.2, 0) is 10.1 Å². The minimum atomic E-state index is -4.02. The molecule has 0 heterocycles. The molecule has 1 saturated carbocycles. The molecule has 0 aromatic heterocycles. The van der Waals surface area contributed by atoms with Gasteiger partial charge in [0.1, 0.15) is 6.17 Å². The maximum atomic E-state index is 11.4. The van der Waals surface area contributed by atoms with Crippen LogP contribution in [0, 0.1) is 6.92 Å². The second-order valence-corrected chi connectivity index (χ2v) is 5.13. The zero-order chi connectivity index (χ0) is 12.3. The van der Waals surface area contributed by atoms with Crippen molar-refractivity contribution >= 4 is 10.1 Å². The minimum absolute atomic E-state index is 0.0666. The fraction of sp³-hybridized carbons (Fsp3) is 0.400. The lowest BCUT2D eigenvalue weighted by atomic mass is 10.2. The predicted molar refractivity (Wildman–Crippen MR) is 58.5 cm³/mol. The van der Waals surface area contributed by atoms with Gasteiger partial charge in [0.25, 0.3) is 10.1 Å². The first-order valence-corrected chi connectivity index (χ1v) is 6.18. The van der Waals surface area contributed by atoms with Gasteiger partial charge in [-0.05, 0) is 25.5 Å². The molecule has 6 heteroatoms. The molecule has 2 unspecified atom stereocenters. The third-order valence-electron chi connectivity index (χ3n) is 2.08. The first-order chi connectivity index (χ1) is 7.30. The van der Waals surface area contributed by atoms with E-state index < -0.39 is 16.3 Å². The van der Waals surface area contributed by atoms with Crippen LogP contribution >= 0.6 is 0 Å². The maximum absolute atomic E-state index is 11.4. The lowest BCUT2D eigenvalue weighted by molar-refractivity contribution is 0.467. The fourth-order valence-corrected chi connectivity index (χ4v) is 1.37. The van der Waals surface area contributed by atoms with Crippen molar-refractivity contribution in [3.05, 3.63) is 29.8 Å². The quantitative estimate of drug-likeness (QED) is 0.733. The van der Waals surface area contributed by atoms with Gasteiger partial charge in [-0.3, -0.25) is 4.55 Å². The monoisotopic (exact) mass is 247 g/mol. The first kappa shape index (κ1) is 13.1. The summed E-state index contributed by atoms with van der Waals surface area (Å²) in [6.07, 6.45) is -0.0880. The predicted octanol–water partition coefficient (Wildman–Crippen LogP) is 1.30. The summed E-state index contributed by atoms with van der Waals surface area (Å²) in [5, 5.41) is 0. The number of alkyl halides is 1. The van der Waals surface area contributed by atoms with E-state index in [-0.39, 0.29) is 10.9 Å². The Morgan fingerprint density at radius 3 is 2.00 bits per heavy atom. The van der Waals surface area contributed by atoms with Crippen LogP contribution in [0.3, 0.4) is 0 Å². The number of aryl methyl sites for hydroxylation is 1. The zero-order valence-electron chi connectivity index (χ0n) is 8.80. The zero-order valence-corrected chi connectivity index (χ0v) is 9.61. The summed E-state index contributed by atoms with van der Waals surface area (Å²) in [5.41, 5.74) is 5.95. The van der Waals surface area contributed by atoms with Gasteiger partial charge in [-0.15, -0.1) is 0 Å². The molecule has 1 aliphatic rings. The second kappa shape index (κ2) is 4.90. The van der Waals surface area contributed by atoms with Crippen LogP contribution in [0.2, 0.25) is 0 Å². The number of hydrogen-bond donors (Lipinski definition) is 2. The molecule has 2 rings (SSSR count). The van der Waals surface area contributed by atoms with E-state index >= 15 is 0 Å². The van der Waals surface area contributed by atoms with Crippen LogP contribution < -0.4 is 5.73 Å². The van der Waals surface area contributed by atoms with E-state index in [9.17, 15) is 12.8 Å². The Hall–Kier alpha value is -0.980. The molecule has 1 aromatic carbocycles. The Morgan fingerprint density at radius 1 is 1.38 bits per heavy atom. The number of rotatable bonds is 1. The number of nitrogens with two attached hydrogens (primary N) is 1. The number of hydrogen-bond acceptors (Lipinski definition) is 3. The molecular weight excluding hydrogens is 233 g/mol. The molecule has 1 aliphatic carbocycles. The molecule has 0 spiro atoms. The van der Waals surface area contributed by atoms with E-state index in [1.807, 2.05) is 6.92 Å². The van der Waals surface area contributed by atoms with Gasteiger partial charge in [0.2, 0.25) is 0 Å². The normalized spacial score (nSPS) is 23.2. The van der Waals surface area contributed by atoms with Gasteiger partial charge >= 0.3 is 0 Å². The molecule has 0 amide bonds. The van der Waals surface area contributed by atoms with E-state index in [4.69, 9.17) is 10.3 Å². The van der Waals surface area contributed by atoms with Crippen molar-refractivity contribution in [3.8, 4) is 0 Å². The third-order valence-corrected chi connectivity index (χ3v) is 2.95. The molecule has 4 nitrogen and oxygen atoms in total. The van der Waals surface area contributed by atoms with Gasteiger partial charge in [-0.2, -0.15) is 8.42 Å². The van der Waals surface area contributed by atoms with Crippen molar-refractivity contribution in [2.45, 2.75) is 30.5 Å². The standard InChI is InChI=1S/C7H8O3S.C3H6FN/c1-6-2-4-7(5-3-6)11(8,9)10;4-2-1-3(2)5/h2-5H,1H3,(H,8,9,10);2-3H,1,5H2. The van der Waals surface area contributed by atoms with Gasteiger partial charge in [0, 0.05) is 6.04 Å². The Balaban J connectivity index is 0.000000212. The van der Waals surface area contributed by atoms with Crippen molar-refractivity contribution in [2.75, 3.05) is 0 Å². The van der Waals surface area contributed by atoms with E-state index in [0.29, 0.717) is 6.42 Å². The van der Waals surface area contributed by atoms with Crippen LogP contribution in [0.1, 0.15) is 12.0 Å². The summed E-state index contributed by atoms with van der Waals surface area (Å²) >= 11 is 0. The highest BCUT2D eigenvalue weighted by atomic mass is 32.2. The van der Waals surface area contributed by atoms with Crippen LogP contribution in [-0.4, -0.2) is 25.2 Å². The van der Waals surface area contributed by atoms with E-state index in [1.165, 1.54) is 12.1 Å². The first-order valence-electron chi connectivity index (χ1n) is 4.74. The molecule has 3 N–H and O–H groups in total. The number of benzene rings is 1. The molecular formula is C10H14FNO3S. The van der Waals surface area contributed by atoms with Crippen molar-refractivity contribution in [1.29, 1.82) is 0 Å². The van der Waals surface area contributed by atoms with Crippen LogP contribution in [0.15, 0.2) is 29.2 Å². The largest absolute Gasteiger partial charge is 0.325 e. The summed E-state index contributed by atoms with van der Waals surface area (Å²) in [6.45, 7) is 1.84. The van der Waals surface area contributed by atoms with E-state index in [0.717, 1.165) is 5.56 Å². The highest BCUT2D eigenvalue weighted by molar-refractivity contribution is 7.85. The summed E-state index contributed by atoms with van der Waals surface area (Å²) in [6, 6.07) is 5.87. The third kappa shape index (κ3) is 4.26. The highest BCUT2D eigenvalue weighted by Gasteiger charge is 2.32. The average molecular weight is 247 g/mol. The lowest BCUT2D eigenvalue weighted by Gasteiger charge is -1.95. The van der Waals surface area contributed by atoms with Gasteiger partial charge < -0.3 is 5.73 Å². The van der Waals surface area contributed by atoms with Crippen LogP contribution in [0.4, 0.5) is 4.39 Å². The van der Waals surface area contributed by atoms with E-state index in [2.05, 4.69) is 0 Å². The molecule has 1 aromatic rings. The molecule has 90 valence electrons. The average Bonchev–Trinajstić information content (AvgIpc) is 2.79. The van der Waals surface area contributed by atoms with Crippen molar-refractivity contribution in [3.63, 3.8) is 0 Å². The SMILES string of the molecule is Cc1ccc(S(=O)(=O)O)cc1.NC1CC1F. The summed E-state index contributed by atoms with van der Waals surface area (Å²) in [4.78, 5) is -0.0666. The van der Waals surface area contributed by atoms with Gasteiger partial charge in [0.05, 0.1) is 4.90 Å². The number of halogens is 1. The van der Waals surface area contributed by atoms with Gasteiger partial charge in [-0.25, -0.2) is 4.39 Å².